The minimum absolute atomic E-state index is 0.0697. The molecule has 1 atom stereocenters. The normalized spacial score (nSPS) is 12.5. The topological polar surface area (TPSA) is 62.3 Å². The lowest BCUT2D eigenvalue weighted by Crippen LogP contribution is -2.55. The number of carbonyl (C=O) groups is 2. The highest BCUT2D eigenvalue weighted by atomic mass is 35.5. The summed E-state index contributed by atoms with van der Waals surface area (Å²) in [5, 5.41) is 1.17. The fraction of sp³-hybridized carbons (Fsp3) is 0.435. The highest BCUT2D eigenvalue weighted by molar-refractivity contribution is 6.33. The number of nitrogens with zero attached hydrogens (tertiary/aromatic N) is 2. The minimum atomic E-state index is -0.516. The first-order chi connectivity index (χ1) is 13.5. The second-order valence-corrected chi connectivity index (χ2v) is 8.86. The van der Waals surface area contributed by atoms with Crippen LogP contribution in [0.1, 0.15) is 72.4 Å². The van der Waals surface area contributed by atoms with E-state index in [1.807, 2.05) is 19.9 Å². The molecule has 2 rings (SSSR count). The van der Waals surface area contributed by atoms with Crippen molar-refractivity contribution in [2.24, 2.45) is 5.41 Å². The molecule has 2 amide bonds. The number of nitrogens with one attached hydrogen (secondary N) is 1. The lowest BCUT2D eigenvalue weighted by Gasteiger charge is -2.35. The monoisotopic (exact) mass is 415 g/mol. The van der Waals surface area contributed by atoms with Crippen molar-refractivity contribution in [2.45, 2.75) is 60.4 Å². The van der Waals surface area contributed by atoms with E-state index in [0.717, 1.165) is 29.0 Å². The molecule has 6 heteroatoms. The number of aryl methyl sites for hydroxylation is 2. The Morgan fingerprint density at radius 1 is 1.14 bits per heavy atom. The molecule has 1 heterocycles. The highest BCUT2D eigenvalue weighted by Gasteiger charge is 2.32. The predicted molar refractivity (Wildman–Crippen MR) is 117 cm³/mol. The van der Waals surface area contributed by atoms with Gasteiger partial charge in [0.1, 0.15) is 5.15 Å². The molecule has 0 saturated carbocycles. The number of hydrogen-bond acceptors (Lipinski definition) is 4. The molecule has 1 N–H and O–H groups in total. The van der Waals surface area contributed by atoms with Crippen LogP contribution in [0.3, 0.4) is 0 Å². The number of hydrazine groups is 1. The first kappa shape index (κ1) is 23.0. The molecule has 0 radical (unpaired) electrons. The Morgan fingerprint density at radius 3 is 2.28 bits per heavy atom. The minimum Gasteiger partial charge on any atom is -0.267 e. The van der Waals surface area contributed by atoms with Crippen LogP contribution in [0.2, 0.25) is 5.15 Å². The van der Waals surface area contributed by atoms with Gasteiger partial charge in [-0.05, 0) is 49.9 Å². The molecule has 1 aromatic carbocycles. The first-order valence-electron chi connectivity index (χ1n) is 9.88. The number of hydrogen-bond donors (Lipinski definition) is 1. The van der Waals surface area contributed by atoms with Crippen molar-refractivity contribution in [3.63, 3.8) is 0 Å². The van der Waals surface area contributed by atoms with Gasteiger partial charge in [0.2, 0.25) is 0 Å². The van der Waals surface area contributed by atoms with Crippen molar-refractivity contribution in [3.05, 3.63) is 63.9 Å². The SMILES string of the molecule is CCC[C@H](NN(C(=O)c1cc(C)cc(C)c1)C(=O)c1cccnc1Cl)C(C)(C)C. The van der Waals surface area contributed by atoms with Gasteiger partial charge in [0.25, 0.3) is 11.8 Å². The van der Waals surface area contributed by atoms with E-state index in [4.69, 9.17) is 11.6 Å². The summed E-state index contributed by atoms with van der Waals surface area (Å²) in [6.45, 7) is 12.2. The molecule has 0 fully saturated rings. The molecule has 0 aliphatic rings. The molecule has 1 aromatic heterocycles. The largest absolute Gasteiger partial charge is 0.278 e. The fourth-order valence-corrected chi connectivity index (χ4v) is 3.44. The average molecular weight is 416 g/mol. The lowest BCUT2D eigenvalue weighted by atomic mass is 9.84. The van der Waals surface area contributed by atoms with Crippen molar-refractivity contribution >= 4 is 23.4 Å². The summed E-state index contributed by atoms with van der Waals surface area (Å²) in [4.78, 5) is 30.7. The van der Waals surface area contributed by atoms with Gasteiger partial charge in [-0.15, -0.1) is 0 Å². The zero-order valence-electron chi connectivity index (χ0n) is 18.0. The zero-order valence-corrected chi connectivity index (χ0v) is 18.8. The summed E-state index contributed by atoms with van der Waals surface area (Å²) in [6.07, 6.45) is 3.24. The summed E-state index contributed by atoms with van der Waals surface area (Å²) in [6, 6.07) is 8.69. The number of carbonyl (C=O) groups excluding carboxylic acids is 2. The third-order valence-corrected chi connectivity index (χ3v) is 5.07. The quantitative estimate of drug-likeness (QED) is 0.392. The van der Waals surface area contributed by atoms with Gasteiger partial charge >= 0.3 is 0 Å². The summed E-state index contributed by atoms with van der Waals surface area (Å²) in [5.41, 5.74) is 5.60. The third-order valence-electron chi connectivity index (χ3n) is 4.77. The predicted octanol–water partition coefficient (Wildman–Crippen LogP) is 5.35. The van der Waals surface area contributed by atoms with Crippen molar-refractivity contribution in [1.29, 1.82) is 0 Å². The fourth-order valence-electron chi connectivity index (χ4n) is 3.24. The van der Waals surface area contributed by atoms with E-state index in [0.29, 0.717) is 5.56 Å². The number of pyridine rings is 1. The molecular weight excluding hydrogens is 386 g/mol. The molecule has 0 bridgehead atoms. The molecule has 0 aliphatic carbocycles. The van der Waals surface area contributed by atoms with E-state index in [1.165, 1.54) is 6.20 Å². The average Bonchev–Trinajstić information content (AvgIpc) is 2.62. The Kier molecular flexibility index (Phi) is 7.55. The lowest BCUT2D eigenvalue weighted by molar-refractivity contribution is 0.0425. The number of imide groups is 1. The first-order valence-corrected chi connectivity index (χ1v) is 10.3. The van der Waals surface area contributed by atoms with E-state index in [9.17, 15) is 9.59 Å². The standard InChI is InChI=1S/C23H30ClN3O2/c1-7-9-19(23(4,5)6)26-27(22(29)18-10-8-11-25-20(18)24)21(28)17-13-15(2)12-16(3)14-17/h8,10-14,19,26H,7,9H2,1-6H3/t19-/m0/s1. The smallest absolute Gasteiger partial charge is 0.267 e. The van der Waals surface area contributed by atoms with Crippen molar-refractivity contribution in [1.82, 2.24) is 15.4 Å². The van der Waals surface area contributed by atoms with E-state index in [1.54, 1.807) is 24.3 Å². The molecule has 0 aliphatic heterocycles. The molecule has 0 unspecified atom stereocenters. The number of amides is 2. The number of rotatable bonds is 6. The maximum absolute atomic E-state index is 13.4. The van der Waals surface area contributed by atoms with Gasteiger partial charge in [-0.2, -0.15) is 0 Å². The second-order valence-electron chi connectivity index (χ2n) is 8.50. The molecule has 0 saturated heterocycles. The summed E-state index contributed by atoms with van der Waals surface area (Å²) >= 11 is 6.15. The van der Waals surface area contributed by atoms with Gasteiger partial charge in [0.05, 0.1) is 5.56 Å². The Labute approximate surface area is 178 Å². The number of benzene rings is 1. The van der Waals surface area contributed by atoms with E-state index >= 15 is 0 Å². The van der Waals surface area contributed by atoms with Crippen LogP contribution in [-0.2, 0) is 0 Å². The van der Waals surface area contributed by atoms with Crippen LogP contribution in [0.4, 0.5) is 0 Å². The maximum atomic E-state index is 13.4. The molecule has 0 spiro atoms. The molecule has 29 heavy (non-hydrogen) atoms. The van der Waals surface area contributed by atoms with Gasteiger partial charge in [-0.3, -0.25) is 9.59 Å². The van der Waals surface area contributed by atoms with Crippen molar-refractivity contribution in [2.75, 3.05) is 0 Å². The van der Waals surface area contributed by atoms with Gasteiger partial charge < -0.3 is 0 Å². The summed E-state index contributed by atoms with van der Waals surface area (Å²) < 4.78 is 0. The Morgan fingerprint density at radius 2 is 1.76 bits per heavy atom. The third kappa shape index (κ3) is 5.87. The highest BCUT2D eigenvalue weighted by Crippen LogP contribution is 2.25. The van der Waals surface area contributed by atoms with Crippen molar-refractivity contribution in [3.8, 4) is 0 Å². The zero-order chi connectivity index (χ0) is 21.8. The van der Waals surface area contributed by atoms with Crippen LogP contribution in [0.5, 0.6) is 0 Å². The van der Waals surface area contributed by atoms with Crippen molar-refractivity contribution < 1.29 is 9.59 Å². The van der Waals surface area contributed by atoms with Crippen LogP contribution in [0, 0.1) is 19.3 Å². The van der Waals surface area contributed by atoms with E-state index < -0.39 is 11.8 Å². The Hall–Kier alpha value is -2.24. The Bertz CT molecular complexity index is 870. The van der Waals surface area contributed by atoms with Crippen LogP contribution in [0.15, 0.2) is 36.5 Å². The molecule has 2 aromatic rings. The van der Waals surface area contributed by atoms with E-state index in [2.05, 4.69) is 38.1 Å². The molecule has 156 valence electrons. The maximum Gasteiger partial charge on any atom is 0.278 e. The second kappa shape index (κ2) is 9.51. The van der Waals surface area contributed by atoms with Gasteiger partial charge in [0.15, 0.2) is 0 Å². The van der Waals surface area contributed by atoms with Gasteiger partial charge in [0, 0.05) is 17.8 Å². The van der Waals surface area contributed by atoms with Crippen LogP contribution in [0.25, 0.3) is 0 Å². The molecular formula is C23H30ClN3O2. The Balaban J connectivity index is 2.50. The number of halogens is 1. The van der Waals surface area contributed by atoms with Crippen LogP contribution >= 0.6 is 11.6 Å². The number of aromatic nitrogens is 1. The summed E-state index contributed by atoms with van der Waals surface area (Å²) in [7, 11) is 0. The van der Waals surface area contributed by atoms with Gasteiger partial charge in [-0.25, -0.2) is 15.4 Å². The summed E-state index contributed by atoms with van der Waals surface area (Å²) in [5.74, 6) is -0.926. The van der Waals surface area contributed by atoms with E-state index in [-0.39, 0.29) is 22.2 Å². The van der Waals surface area contributed by atoms with Gasteiger partial charge in [-0.1, -0.05) is 62.9 Å². The molecule has 5 nitrogen and oxygen atoms in total. The van der Waals surface area contributed by atoms with Crippen LogP contribution in [-0.4, -0.2) is 27.8 Å². The van der Waals surface area contributed by atoms with Crippen LogP contribution < -0.4 is 5.43 Å².